The lowest BCUT2D eigenvalue weighted by Crippen LogP contribution is -2.54. The van der Waals surface area contributed by atoms with Crippen LogP contribution in [0.2, 0.25) is 5.02 Å². The van der Waals surface area contributed by atoms with Crippen LogP contribution in [0.1, 0.15) is 33.6 Å². The van der Waals surface area contributed by atoms with Gasteiger partial charge in [0.25, 0.3) is 0 Å². The number of amides is 2. The number of piperidine rings is 1. The van der Waals surface area contributed by atoms with Crippen molar-refractivity contribution in [2.75, 3.05) is 11.9 Å². The summed E-state index contributed by atoms with van der Waals surface area (Å²) in [7, 11) is 0. The van der Waals surface area contributed by atoms with Crippen LogP contribution >= 0.6 is 11.6 Å². The predicted octanol–water partition coefficient (Wildman–Crippen LogP) is 5.60. The minimum Gasteiger partial charge on any atom is -0.444 e. The number of anilines is 1. The molecule has 1 saturated heterocycles. The van der Waals surface area contributed by atoms with E-state index in [0.717, 1.165) is 0 Å². The molecule has 2 N–H and O–H groups in total. The number of benzene rings is 2. The fourth-order valence-electron chi connectivity index (χ4n) is 3.67. The number of halogens is 4. The second-order valence-corrected chi connectivity index (χ2v) is 9.50. The monoisotopic (exact) mass is 514 g/mol. The lowest BCUT2D eigenvalue weighted by molar-refractivity contribution is -0.274. The first-order valence-corrected chi connectivity index (χ1v) is 11.2. The molecule has 0 saturated carbocycles. The van der Waals surface area contributed by atoms with E-state index in [1.807, 2.05) is 0 Å². The van der Waals surface area contributed by atoms with Crippen LogP contribution in [0.25, 0.3) is 11.1 Å². The van der Waals surface area contributed by atoms with Gasteiger partial charge in [0.05, 0.1) is 11.1 Å². The SMILES string of the molecule is CC(C)(C)OC(=O)N1CC[C@H](O)CC1C(=O)Nc1ccc(-c2ccccc2OC(F)(F)F)c(Cl)c1. The number of carbonyl (C=O) groups excluding carboxylic acids is 2. The average molecular weight is 515 g/mol. The van der Waals surface area contributed by atoms with E-state index in [1.54, 1.807) is 26.8 Å². The van der Waals surface area contributed by atoms with Crippen LogP contribution in [-0.2, 0) is 9.53 Å². The molecule has 2 aromatic rings. The summed E-state index contributed by atoms with van der Waals surface area (Å²) in [5.74, 6) is -0.970. The third-order valence-electron chi connectivity index (χ3n) is 5.14. The van der Waals surface area contributed by atoms with Crippen LogP contribution in [0.5, 0.6) is 5.75 Å². The van der Waals surface area contributed by atoms with Gasteiger partial charge in [0.15, 0.2) is 0 Å². The summed E-state index contributed by atoms with van der Waals surface area (Å²) in [6, 6.07) is 8.89. The molecular formula is C24H26ClF3N2O5. The Morgan fingerprint density at radius 2 is 1.80 bits per heavy atom. The van der Waals surface area contributed by atoms with Crippen molar-refractivity contribution in [3.8, 4) is 16.9 Å². The largest absolute Gasteiger partial charge is 0.573 e. The van der Waals surface area contributed by atoms with Gasteiger partial charge in [-0.25, -0.2) is 4.79 Å². The van der Waals surface area contributed by atoms with Crippen molar-refractivity contribution < 1.29 is 37.3 Å². The summed E-state index contributed by atoms with van der Waals surface area (Å²) >= 11 is 6.34. The van der Waals surface area contributed by atoms with Crippen molar-refractivity contribution in [3.63, 3.8) is 0 Å². The van der Waals surface area contributed by atoms with Gasteiger partial charge in [0, 0.05) is 29.8 Å². The molecule has 190 valence electrons. The number of aliphatic hydroxyl groups excluding tert-OH is 1. The summed E-state index contributed by atoms with van der Waals surface area (Å²) in [5, 5.41) is 12.8. The fourth-order valence-corrected chi connectivity index (χ4v) is 3.96. The third kappa shape index (κ3) is 7.25. The van der Waals surface area contributed by atoms with Gasteiger partial charge in [0.2, 0.25) is 5.91 Å². The number of nitrogens with one attached hydrogen (secondary N) is 1. The van der Waals surface area contributed by atoms with Crippen molar-refractivity contribution in [3.05, 3.63) is 47.5 Å². The average Bonchev–Trinajstić information content (AvgIpc) is 2.72. The van der Waals surface area contributed by atoms with Crippen LogP contribution in [-0.4, -0.2) is 52.7 Å². The Bertz CT molecular complexity index is 1090. The highest BCUT2D eigenvalue weighted by atomic mass is 35.5. The molecule has 7 nitrogen and oxygen atoms in total. The van der Waals surface area contributed by atoms with E-state index < -0.39 is 41.9 Å². The standard InChI is InChI=1S/C24H26ClF3N2O5/c1-23(2,3)35-22(33)30-11-10-15(31)13-19(30)21(32)29-14-8-9-16(18(25)12-14)17-6-4-5-7-20(17)34-24(26,27)28/h4-9,12,15,19,31H,10-11,13H2,1-3H3,(H,29,32)/t15-,19?/m0/s1. The minimum atomic E-state index is -4.87. The summed E-state index contributed by atoms with van der Waals surface area (Å²) in [4.78, 5) is 26.9. The molecule has 1 heterocycles. The van der Waals surface area contributed by atoms with Gasteiger partial charge < -0.3 is 19.9 Å². The highest BCUT2D eigenvalue weighted by Crippen LogP contribution is 2.38. The lowest BCUT2D eigenvalue weighted by atomic mass is 9.99. The Balaban J connectivity index is 1.80. The Hall–Kier alpha value is -2.98. The number of hydrogen-bond donors (Lipinski definition) is 2. The zero-order valence-corrected chi connectivity index (χ0v) is 20.1. The van der Waals surface area contributed by atoms with Crippen LogP contribution in [0, 0.1) is 0 Å². The number of aliphatic hydroxyl groups is 1. The summed E-state index contributed by atoms with van der Waals surface area (Å²) in [6.07, 6.45) is -5.97. The number of rotatable bonds is 4. The van der Waals surface area contributed by atoms with Crippen LogP contribution in [0.4, 0.5) is 23.7 Å². The summed E-state index contributed by atoms with van der Waals surface area (Å²) < 4.78 is 47.8. The Morgan fingerprint density at radius 3 is 2.43 bits per heavy atom. The van der Waals surface area contributed by atoms with E-state index in [-0.39, 0.29) is 34.8 Å². The molecule has 1 aliphatic heterocycles. The Labute approximate surface area is 205 Å². The van der Waals surface area contributed by atoms with Gasteiger partial charge in [-0.3, -0.25) is 9.69 Å². The van der Waals surface area contributed by atoms with E-state index in [0.29, 0.717) is 6.42 Å². The molecule has 3 rings (SSSR count). The number of para-hydroxylation sites is 1. The highest BCUT2D eigenvalue weighted by molar-refractivity contribution is 6.33. The highest BCUT2D eigenvalue weighted by Gasteiger charge is 2.38. The third-order valence-corrected chi connectivity index (χ3v) is 5.46. The van der Waals surface area contributed by atoms with Gasteiger partial charge >= 0.3 is 12.5 Å². The maximum Gasteiger partial charge on any atom is 0.573 e. The van der Waals surface area contributed by atoms with Crippen molar-refractivity contribution in [1.82, 2.24) is 4.90 Å². The van der Waals surface area contributed by atoms with Gasteiger partial charge in [-0.15, -0.1) is 13.2 Å². The number of carbonyl (C=O) groups is 2. The fraction of sp³-hybridized carbons (Fsp3) is 0.417. The zero-order chi connectivity index (χ0) is 26.0. The van der Waals surface area contributed by atoms with Crippen molar-refractivity contribution in [1.29, 1.82) is 0 Å². The molecule has 1 fully saturated rings. The second kappa shape index (κ2) is 10.3. The molecule has 0 aromatic heterocycles. The molecule has 1 aliphatic rings. The maximum absolute atomic E-state index is 13.0. The molecule has 35 heavy (non-hydrogen) atoms. The first kappa shape index (κ1) is 26.6. The molecule has 0 spiro atoms. The predicted molar refractivity (Wildman–Crippen MR) is 124 cm³/mol. The summed E-state index contributed by atoms with van der Waals surface area (Å²) in [6.45, 7) is 5.27. The quantitative estimate of drug-likeness (QED) is 0.554. The molecule has 1 unspecified atom stereocenters. The van der Waals surface area contributed by atoms with E-state index in [9.17, 15) is 27.9 Å². The smallest absolute Gasteiger partial charge is 0.444 e. The molecule has 11 heteroatoms. The molecule has 0 bridgehead atoms. The molecular weight excluding hydrogens is 489 g/mol. The summed E-state index contributed by atoms with van der Waals surface area (Å²) in [5.41, 5.74) is -0.0988. The van der Waals surface area contributed by atoms with E-state index in [1.165, 1.54) is 41.3 Å². The molecule has 0 radical (unpaired) electrons. The van der Waals surface area contributed by atoms with Crippen LogP contribution in [0.3, 0.4) is 0 Å². The van der Waals surface area contributed by atoms with Gasteiger partial charge in [-0.2, -0.15) is 0 Å². The second-order valence-electron chi connectivity index (χ2n) is 9.10. The van der Waals surface area contributed by atoms with Gasteiger partial charge in [-0.1, -0.05) is 35.9 Å². The van der Waals surface area contributed by atoms with Crippen molar-refractivity contribution in [2.24, 2.45) is 0 Å². The number of likely N-dealkylation sites (tertiary alicyclic amines) is 1. The first-order valence-electron chi connectivity index (χ1n) is 10.9. The molecule has 2 amide bonds. The van der Waals surface area contributed by atoms with Gasteiger partial charge in [-0.05, 0) is 45.4 Å². The first-order chi connectivity index (χ1) is 16.2. The molecule has 2 aromatic carbocycles. The topological polar surface area (TPSA) is 88.1 Å². The molecule has 2 atom stereocenters. The van der Waals surface area contributed by atoms with Crippen molar-refractivity contribution in [2.45, 2.75) is 57.7 Å². The lowest BCUT2D eigenvalue weighted by Gasteiger charge is -2.37. The number of alkyl halides is 3. The minimum absolute atomic E-state index is 0.0268. The number of hydrogen-bond acceptors (Lipinski definition) is 5. The maximum atomic E-state index is 13.0. The zero-order valence-electron chi connectivity index (χ0n) is 19.4. The van der Waals surface area contributed by atoms with Crippen LogP contribution < -0.4 is 10.1 Å². The Morgan fingerprint density at radius 1 is 1.11 bits per heavy atom. The normalized spacial score (nSPS) is 18.7. The number of nitrogens with zero attached hydrogens (tertiary/aromatic N) is 1. The van der Waals surface area contributed by atoms with E-state index in [4.69, 9.17) is 16.3 Å². The van der Waals surface area contributed by atoms with Crippen molar-refractivity contribution >= 4 is 29.3 Å². The van der Waals surface area contributed by atoms with E-state index >= 15 is 0 Å². The van der Waals surface area contributed by atoms with Crippen LogP contribution in [0.15, 0.2) is 42.5 Å². The Kier molecular flexibility index (Phi) is 7.86. The molecule has 0 aliphatic carbocycles. The van der Waals surface area contributed by atoms with E-state index in [2.05, 4.69) is 10.1 Å². The van der Waals surface area contributed by atoms with Gasteiger partial charge in [0.1, 0.15) is 17.4 Å². The number of ether oxygens (including phenoxy) is 2.